The van der Waals surface area contributed by atoms with Crippen LogP contribution in [0.2, 0.25) is 0 Å². The number of furan rings is 1. The topological polar surface area (TPSA) is 97.4 Å². The van der Waals surface area contributed by atoms with Crippen LogP contribution in [0.25, 0.3) is 0 Å². The minimum atomic E-state index is -0.485. The number of nitrogens with zero attached hydrogens (tertiary/aromatic N) is 1. The van der Waals surface area contributed by atoms with Gasteiger partial charge in [-0.15, -0.1) is 0 Å². The van der Waals surface area contributed by atoms with Crippen LogP contribution < -0.4 is 10.6 Å². The van der Waals surface area contributed by atoms with Crippen LogP contribution in [0.15, 0.2) is 33.5 Å². The molecule has 0 bridgehead atoms. The number of hydrogen-bond donors (Lipinski definition) is 2. The van der Waals surface area contributed by atoms with Crippen molar-refractivity contribution in [2.24, 2.45) is 0 Å². The molecule has 19 heavy (non-hydrogen) atoms. The van der Waals surface area contributed by atoms with Crippen molar-refractivity contribution in [1.82, 2.24) is 10.3 Å². The molecule has 1 aliphatic rings. The van der Waals surface area contributed by atoms with Gasteiger partial charge in [0, 0.05) is 6.04 Å². The van der Waals surface area contributed by atoms with E-state index in [-0.39, 0.29) is 29.4 Å². The number of carbonyl (C=O) groups is 2. The molecule has 3 rings (SSSR count). The summed E-state index contributed by atoms with van der Waals surface area (Å²) < 4.78 is 9.93. The molecule has 1 saturated carbocycles. The molecule has 0 unspecified atom stereocenters. The van der Waals surface area contributed by atoms with Crippen LogP contribution >= 0.6 is 0 Å². The predicted octanol–water partition coefficient (Wildman–Crippen LogP) is 1.41. The average Bonchev–Trinajstić information content (AvgIpc) is 2.91. The second-order valence-corrected chi connectivity index (χ2v) is 4.22. The number of hydrogen-bond acceptors (Lipinski definition) is 5. The summed E-state index contributed by atoms with van der Waals surface area (Å²) in [7, 11) is 0. The number of nitrogens with one attached hydrogen (secondary N) is 2. The number of amides is 2. The van der Waals surface area contributed by atoms with E-state index < -0.39 is 5.91 Å². The van der Waals surface area contributed by atoms with Crippen LogP contribution in [0, 0.1) is 0 Å². The maximum absolute atomic E-state index is 11.7. The highest BCUT2D eigenvalue weighted by Crippen LogP contribution is 2.19. The summed E-state index contributed by atoms with van der Waals surface area (Å²) in [5, 5.41) is 5.17. The molecular formula is C12H11N3O4. The lowest BCUT2D eigenvalue weighted by Crippen LogP contribution is -2.25. The van der Waals surface area contributed by atoms with Crippen LogP contribution in [0.5, 0.6) is 0 Å². The zero-order valence-electron chi connectivity index (χ0n) is 9.88. The molecule has 0 aliphatic heterocycles. The van der Waals surface area contributed by atoms with Gasteiger partial charge in [-0.1, -0.05) is 0 Å². The lowest BCUT2D eigenvalue weighted by atomic mass is 10.4. The Hall–Kier alpha value is -2.57. The van der Waals surface area contributed by atoms with Crippen molar-refractivity contribution in [3.63, 3.8) is 0 Å². The first-order valence-corrected chi connectivity index (χ1v) is 5.83. The standard InChI is InChI=1S/C12H11N3O4/c16-10(13-7-3-4-7)8-6-19-12(14-8)15-11(17)9-2-1-5-18-9/h1-2,5-7H,3-4H2,(H,13,16)(H,14,15,17). The number of rotatable bonds is 4. The van der Waals surface area contributed by atoms with Gasteiger partial charge in [-0.25, -0.2) is 0 Å². The van der Waals surface area contributed by atoms with Gasteiger partial charge in [-0.2, -0.15) is 4.98 Å². The Labute approximate surface area is 108 Å². The van der Waals surface area contributed by atoms with Gasteiger partial charge in [0.05, 0.1) is 6.26 Å². The van der Waals surface area contributed by atoms with Gasteiger partial charge in [0.2, 0.25) is 0 Å². The summed E-state index contributed by atoms with van der Waals surface area (Å²) in [4.78, 5) is 27.2. The normalized spacial score (nSPS) is 14.1. The fourth-order valence-corrected chi connectivity index (χ4v) is 1.49. The molecule has 7 heteroatoms. The maximum Gasteiger partial charge on any atom is 0.302 e. The highest BCUT2D eigenvalue weighted by molar-refractivity contribution is 6.01. The number of aromatic nitrogens is 1. The Bertz CT molecular complexity index is 598. The Kier molecular flexibility index (Phi) is 2.79. The monoisotopic (exact) mass is 261 g/mol. The molecule has 0 radical (unpaired) electrons. The molecule has 2 heterocycles. The average molecular weight is 261 g/mol. The van der Waals surface area contributed by atoms with Gasteiger partial charge in [0.25, 0.3) is 11.8 Å². The van der Waals surface area contributed by atoms with Crippen molar-refractivity contribution in [3.8, 4) is 0 Å². The quantitative estimate of drug-likeness (QED) is 0.867. The molecule has 0 atom stereocenters. The number of oxazole rings is 1. The highest BCUT2D eigenvalue weighted by Gasteiger charge is 2.25. The molecule has 2 aromatic rings. The summed E-state index contributed by atoms with van der Waals surface area (Å²) in [5.41, 5.74) is 0.140. The van der Waals surface area contributed by atoms with E-state index in [0.29, 0.717) is 0 Å². The Balaban J connectivity index is 1.64. The first kappa shape index (κ1) is 11.5. The van der Waals surface area contributed by atoms with Gasteiger partial charge in [-0.05, 0) is 25.0 Å². The van der Waals surface area contributed by atoms with Crippen LogP contribution in [0.4, 0.5) is 6.01 Å². The second kappa shape index (κ2) is 4.60. The van der Waals surface area contributed by atoms with Crippen molar-refractivity contribution in [1.29, 1.82) is 0 Å². The summed E-state index contributed by atoms with van der Waals surface area (Å²) >= 11 is 0. The second-order valence-electron chi connectivity index (χ2n) is 4.22. The van der Waals surface area contributed by atoms with E-state index in [9.17, 15) is 9.59 Å². The molecule has 0 spiro atoms. The zero-order chi connectivity index (χ0) is 13.2. The summed E-state index contributed by atoms with van der Waals surface area (Å²) in [5.74, 6) is -0.645. The van der Waals surface area contributed by atoms with Crippen LogP contribution in [-0.4, -0.2) is 22.8 Å². The molecule has 1 fully saturated rings. The first-order valence-electron chi connectivity index (χ1n) is 5.83. The first-order chi connectivity index (χ1) is 9.22. The molecule has 0 aromatic carbocycles. The highest BCUT2D eigenvalue weighted by atomic mass is 16.4. The molecule has 2 amide bonds. The van der Waals surface area contributed by atoms with E-state index in [1.165, 1.54) is 18.6 Å². The third kappa shape index (κ3) is 2.65. The largest absolute Gasteiger partial charge is 0.459 e. The fourth-order valence-electron chi connectivity index (χ4n) is 1.49. The molecule has 1 aliphatic carbocycles. The van der Waals surface area contributed by atoms with E-state index in [0.717, 1.165) is 12.8 Å². The van der Waals surface area contributed by atoms with E-state index in [2.05, 4.69) is 15.6 Å². The smallest absolute Gasteiger partial charge is 0.302 e. The van der Waals surface area contributed by atoms with Crippen LogP contribution in [-0.2, 0) is 0 Å². The Morgan fingerprint density at radius 3 is 2.79 bits per heavy atom. The van der Waals surface area contributed by atoms with Crippen molar-refractivity contribution < 1.29 is 18.4 Å². The molecular weight excluding hydrogens is 250 g/mol. The summed E-state index contributed by atoms with van der Waals surface area (Å²) in [6, 6.07) is 3.31. The molecule has 2 aromatic heterocycles. The third-order valence-electron chi connectivity index (χ3n) is 2.61. The van der Waals surface area contributed by atoms with Gasteiger partial charge in [-0.3, -0.25) is 14.9 Å². The van der Waals surface area contributed by atoms with E-state index in [4.69, 9.17) is 8.83 Å². The van der Waals surface area contributed by atoms with Crippen molar-refractivity contribution in [3.05, 3.63) is 36.1 Å². The van der Waals surface area contributed by atoms with Crippen molar-refractivity contribution in [2.45, 2.75) is 18.9 Å². The lowest BCUT2D eigenvalue weighted by Gasteiger charge is -1.97. The van der Waals surface area contributed by atoms with Gasteiger partial charge in [0.15, 0.2) is 11.5 Å². The summed E-state index contributed by atoms with van der Waals surface area (Å²) in [6.45, 7) is 0. The molecule has 7 nitrogen and oxygen atoms in total. The van der Waals surface area contributed by atoms with E-state index in [1.807, 2.05) is 0 Å². The molecule has 0 saturated heterocycles. The molecule has 2 N–H and O–H groups in total. The van der Waals surface area contributed by atoms with E-state index >= 15 is 0 Å². The fraction of sp³-hybridized carbons (Fsp3) is 0.250. The SMILES string of the molecule is O=C(NC1CC1)c1coc(NC(=O)c2ccco2)n1. The minimum Gasteiger partial charge on any atom is -0.459 e. The van der Waals surface area contributed by atoms with Crippen molar-refractivity contribution in [2.75, 3.05) is 5.32 Å². The van der Waals surface area contributed by atoms with Crippen molar-refractivity contribution >= 4 is 17.8 Å². The van der Waals surface area contributed by atoms with Crippen LogP contribution in [0.3, 0.4) is 0 Å². The van der Waals surface area contributed by atoms with Crippen LogP contribution in [0.1, 0.15) is 33.9 Å². The van der Waals surface area contributed by atoms with E-state index in [1.54, 1.807) is 6.07 Å². The number of anilines is 1. The predicted molar refractivity (Wildman–Crippen MR) is 63.7 cm³/mol. The Morgan fingerprint density at radius 1 is 1.26 bits per heavy atom. The maximum atomic E-state index is 11.7. The molecule has 98 valence electrons. The zero-order valence-corrected chi connectivity index (χ0v) is 9.88. The van der Waals surface area contributed by atoms with Gasteiger partial charge in [0.1, 0.15) is 6.26 Å². The minimum absolute atomic E-state index is 0.0395. The summed E-state index contributed by atoms with van der Waals surface area (Å²) in [6.07, 6.45) is 4.58. The Morgan fingerprint density at radius 2 is 2.11 bits per heavy atom. The lowest BCUT2D eigenvalue weighted by molar-refractivity contribution is 0.0944. The third-order valence-corrected chi connectivity index (χ3v) is 2.61. The van der Waals surface area contributed by atoms with Gasteiger partial charge < -0.3 is 14.2 Å². The number of carbonyl (C=O) groups excluding carboxylic acids is 2. The van der Waals surface area contributed by atoms with Gasteiger partial charge >= 0.3 is 6.01 Å².